The molecular formula is C22H29BrSi. The Balaban J connectivity index is 2.68. The van der Waals surface area contributed by atoms with Crippen LogP contribution >= 0.6 is 15.9 Å². The third-order valence-corrected chi connectivity index (χ3v) is 12.3. The van der Waals surface area contributed by atoms with E-state index in [1.807, 2.05) is 0 Å². The molecule has 2 aromatic carbocycles. The van der Waals surface area contributed by atoms with Crippen LogP contribution in [-0.2, 0) is 0 Å². The van der Waals surface area contributed by atoms with Gasteiger partial charge in [0, 0.05) is 15.4 Å². The predicted molar refractivity (Wildman–Crippen MR) is 114 cm³/mol. The van der Waals surface area contributed by atoms with E-state index < -0.39 is 8.07 Å². The first kappa shape index (κ1) is 19.3. The van der Waals surface area contributed by atoms with Crippen molar-refractivity contribution in [3.8, 4) is 11.5 Å². The molecule has 0 amide bonds. The maximum atomic E-state index is 3.85. The fraction of sp³-hybridized carbons (Fsp3) is 0.455. The molecule has 128 valence electrons. The number of benzene rings is 2. The zero-order valence-corrected chi connectivity index (χ0v) is 18.6. The normalized spacial score (nSPS) is 12.1. The van der Waals surface area contributed by atoms with Gasteiger partial charge >= 0.3 is 0 Å². The van der Waals surface area contributed by atoms with Gasteiger partial charge < -0.3 is 0 Å². The molecule has 0 atom stereocenters. The molecule has 0 radical (unpaired) electrons. The summed E-state index contributed by atoms with van der Waals surface area (Å²) in [4.78, 5) is 0. The lowest BCUT2D eigenvalue weighted by Crippen LogP contribution is -2.43. The Morgan fingerprint density at radius 3 is 2.04 bits per heavy atom. The lowest BCUT2D eigenvalue weighted by atomic mass is 10.0. The van der Waals surface area contributed by atoms with Gasteiger partial charge in [-0.05, 0) is 46.6 Å². The highest BCUT2D eigenvalue weighted by atomic mass is 79.9. The van der Waals surface area contributed by atoms with Crippen LogP contribution in [0.25, 0.3) is 10.8 Å². The molecule has 2 rings (SSSR count). The number of hydrogen-bond donors (Lipinski definition) is 0. The van der Waals surface area contributed by atoms with E-state index in [1.165, 1.54) is 16.3 Å². The molecule has 0 nitrogen and oxygen atoms in total. The first-order valence-corrected chi connectivity index (χ1v) is 11.9. The third-order valence-electron chi connectivity index (χ3n) is 5.35. The molecule has 2 heteroatoms. The van der Waals surface area contributed by atoms with Crippen LogP contribution in [0.5, 0.6) is 0 Å². The van der Waals surface area contributed by atoms with Crippen molar-refractivity contribution < 1.29 is 0 Å². The highest BCUT2D eigenvalue weighted by Gasteiger charge is 2.41. The van der Waals surface area contributed by atoms with Gasteiger partial charge in [-0.2, -0.15) is 0 Å². The molecular weight excluding hydrogens is 372 g/mol. The number of halogens is 1. The Morgan fingerprint density at radius 2 is 1.50 bits per heavy atom. The SMILES string of the molecule is Cc1cc(Br)c2c(C#C[Si](C(C)C)(C(C)C)C(C)C)cccc2c1. The van der Waals surface area contributed by atoms with Crippen molar-refractivity contribution in [3.63, 3.8) is 0 Å². The van der Waals surface area contributed by atoms with Crippen LogP contribution in [0.4, 0.5) is 0 Å². The fourth-order valence-corrected chi connectivity index (χ4v) is 10.2. The largest absolute Gasteiger partial charge is 0.146 e. The molecule has 0 aliphatic heterocycles. The fourth-order valence-electron chi connectivity index (χ4n) is 4.23. The minimum absolute atomic E-state index is 0.658. The first-order valence-electron chi connectivity index (χ1n) is 8.92. The second-order valence-corrected chi connectivity index (χ2v) is 14.2. The summed E-state index contributed by atoms with van der Waals surface area (Å²) >= 11 is 3.75. The average molecular weight is 401 g/mol. The van der Waals surface area contributed by atoms with Gasteiger partial charge in [0.1, 0.15) is 8.07 Å². The van der Waals surface area contributed by atoms with Crippen molar-refractivity contribution in [2.75, 3.05) is 0 Å². The van der Waals surface area contributed by atoms with E-state index in [4.69, 9.17) is 0 Å². The summed E-state index contributed by atoms with van der Waals surface area (Å²) < 4.78 is 1.15. The summed E-state index contributed by atoms with van der Waals surface area (Å²) in [6.07, 6.45) is 0. The number of aryl methyl sites for hydroxylation is 1. The molecule has 0 saturated heterocycles. The Hall–Kier alpha value is -1.04. The van der Waals surface area contributed by atoms with Crippen molar-refractivity contribution in [2.24, 2.45) is 0 Å². The lowest BCUT2D eigenvalue weighted by molar-refractivity contribution is 0.838. The molecule has 0 fully saturated rings. The second-order valence-electron chi connectivity index (χ2n) is 7.80. The Labute approximate surface area is 157 Å². The molecule has 0 aliphatic carbocycles. The van der Waals surface area contributed by atoms with Gasteiger partial charge in [0.25, 0.3) is 0 Å². The number of rotatable bonds is 3. The topological polar surface area (TPSA) is 0 Å². The average Bonchev–Trinajstić information content (AvgIpc) is 2.46. The van der Waals surface area contributed by atoms with E-state index >= 15 is 0 Å². The van der Waals surface area contributed by atoms with Crippen LogP contribution in [0.2, 0.25) is 16.6 Å². The van der Waals surface area contributed by atoms with Gasteiger partial charge in [0.2, 0.25) is 0 Å². The molecule has 0 bridgehead atoms. The molecule has 24 heavy (non-hydrogen) atoms. The minimum atomic E-state index is -1.70. The van der Waals surface area contributed by atoms with Gasteiger partial charge in [0.15, 0.2) is 0 Å². The zero-order chi connectivity index (χ0) is 18.1. The third kappa shape index (κ3) is 3.48. The number of fused-ring (bicyclic) bond motifs is 1. The predicted octanol–water partition coefficient (Wildman–Crippen LogP) is 7.48. The summed E-state index contributed by atoms with van der Waals surface area (Å²) in [5.41, 5.74) is 8.25. The molecule has 0 unspecified atom stereocenters. The second kappa shape index (κ2) is 7.46. The van der Waals surface area contributed by atoms with E-state index in [0.29, 0.717) is 16.6 Å². The van der Waals surface area contributed by atoms with E-state index in [0.717, 1.165) is 10.0 Å². The zero-order valence-electron chi connectivity index (χ0n) is 16.0. The standard InChI is InChI=1S/C22H29BrSi/c1-15(2)24(16(3)4,17(5)6)12-11-19-9-8-10-20-13-18(7)14-21(23)22(19)20/h8-10,13-17H,1-7H3. The van der Waals surface area contributed by atoms with Gasteiger partial charge in [-0.15, -0.1) is 5.54 Å². The van der Waals surface area contributed by atoms with E-state index in [9.17, 15) is 0 Å². The summed E-state index contributed by atoms with van der Waals surface area (Å²) in [5.74, 6) is 3.61. The monoisotopic (exact) mass is 400 g/mol. The maximum absolute atomic E-state index is 3.85. The summed E-state index contributed by atoms with van der Waals surface area (Å²) in [6.45, 7) is 16.3. The van der Waals surface area contributed by atoms with E-state index in [-0.39, 0.29) is 0 Å². The Kier molecular flexibility index (Phi) is 5.99. The Morgan fingerprint density at radius 1 is 0.917 bits per heavy atom. The quantitative estimate of drug-likeness (QED) is 0.369. The molecule has 0 saturated carbocycles. The molecule has 0 heterocycles. The van der Waals surface area contributed by atoms with Crippen LogP contribution in [0.3, 0.4) is 0 Å². The minimum Gasteiger partial charge on any atom is -0.125 e. The van der Waals surface area contributed by atoms with Crippen molar-refractivity contribution >= 4 is 34.8 Å². The summed E-state index contributed by atoms with van der Waals surface area (Å²) in [7, 11) is -1.70. The van der Waals surface area contributed by atoms with Crippen LogP contribution in [-0.4, -0.2) is 8.07 Å². The van der Waals surface area contributed by atoms with Gasteiger partial charge in [-0.3, -0.25) is 0 Å². The van der Waals surface area contributed by atoms with Gasteiger partial charge in [0.05, 0.1) is 0 Å². The smallest absolute Gasteiger partial charge is 0.125 e. The number of hydrogen-bond acceptors (Lipinski definition) is 0. The molecule has 0 aliphatic rings. The van der Waals surface area contributed by atoms with Gasteiger partial charge in [-0.1, -0.05) is 81.6 Å². The van der Waals surface area contributed by atoms with Crippen molar-refractivity contribution in [1.82, 2.24) is 0 Å². The van der Waals surface area contributed by atoms with Crippen LogP contribution in [0, 0.1) is 18.4 Å². The van der Waals surface area contributed by atoms with E-state index in [2.05, 4.69) is 106 Å². The van der Waals surface area contributed by atoms with Crippen molar-refractivity contribution in [3.05, 3.63) is 45.9 Å². The summed E-state index contributed by atoms with van der Waals surface area (Å²) in [6, 6.07) is 10.9. The lowest BCUT2D eigenvalue weighted by Gasteiger charge is -2.38. The van der Waals surface area contributed by atoms with Crippen molar-refractivity contribution in [1.29, 1.82) is 0 Å². The highest BCUT2D eigenvalue weighted by Crippen LogP contribution is 2.41. The van der Waals surface area contributed by atoms with Crippen LogP contribution in [0.1, 0.15) is 52.7 Å². The van der Waals surface area contributed by atoms with Crippen molar-refractivity contribution in [2.45, 2.75) is 65.1 Å². The maximum Gasteiger partial charge on any atom is 0.146 e. The van der Waals surface area contributed by atoms with Crippen LogP contribution < -0.4 is 0 Å². The molecule has 2 aromatic rings. The first-order chi connectivity index (χ1) is 11.2. The van der Waals surface area contributed by atoms with Gasteiger partial charge in [-0.25, -0.2) is 0 Å². The van der Waals surface area contributed by atoms with E-state index in [1.54, 1.807) is 0 Å². The molecule has 0 aromatic heterocycles. The summed E-state index contributed by atoms with van der Waals surface area (Å²) in [5, 5.41) is 2.51. The molecule has 0 spiro atoms. The molecule has 0 N–H and O–H groups in total. The highest BCUT2D eigenvalue weighted by molar-refractivity contribution is 9.10. The Bertz CT molecular complexity index is 769. The van der Waals surface area contributed by atoms with Crippen LogP contribution in [0.15, 0.2) is 34.8 Å².